The van der Waals surface area contributed by atoms with Crippen LogP contribution in [0.3, 0.4) is 0 Å². The fraction of sp³-hybridized carbons (Fsp3) is 0.286. The van der Waals surface area contributed by atoms with E-state index >= 15 is 0 Å². The molecule has 1 amide bonds. The first-order valence-corrected chi connectivity index (χ1v) is 7.05. The van der Waals surface area contributed by atoms with Crippen molar-refractivity contribution < 1.29 is 13.9 Å². The van der Waals surface area contributed by atoms with Crippen LogP contribution in [0.1, 0.15) is 22.5 Å². The highest BCUT2D eigenvalue weighted by Crippen LogP contribution is 2.06. The van der Waals surface area contributed by atoms with Crippen LogP contribution in [-0.2, 0) is 11.3 Å². The summed E-state index contributed by atoms with van der Waals surface area (Å²) >= 11 is 3.22. The number of rotatable bonds is 7. The molecular formula is C14H15BrN2O3. The van der Waals surface area contributed by atoms with Crippen LogP contribution in [0.4, 0.5) is 0 Å². The molecule has 2 aromatic rings. The maximum absolute atomic E-state index is 11.8. The molecule has 0 aliphatic heterocycles. The molecule has 2 aromatic heterocycles. The molecule has 1 N–H and O–H groups in total. The molecule has 0 aliphatic carbocycles. The molecule has 2 rings (SSSR count). The van der Waals surface area contributed by atoms with Gasteiger partial charge in [-0.3, -0.25) is 4.79 Å². The van der Waals surface area contributed by atoms with E-state index in [4.69, 9.17) is 9.15 Å². The predicted octanol–water partition coefficient (Wildman–Crippen LogP) is 2.77. The number of pyridine rings is 1. The van der Waals surface area contributed by atoms with E-state index in [0.717, 1.165) is 12.2 Å². The van der Waals surface area contributed by atoms with Crippen molar-refractivity contribution in [2.45, 2.75) is 13.0 Å². The highest BCUT2D eigenvalue weighted by atomic mass is 79.9. The van der Waals surface area contributed by atoms with Gasteiger partial charge in [-0.2, -0.15) is 0 Å². The molecule has 20 heavy (non-hydrogen) atoms. The van der Waals surface area contributed by atoms with Crippen LogP contribution in [0.15, 0.2) is 45.7 Å². The van der Waals surface area contributed by atoms with Crippen LogP contribution >= 0.6 is 15.9 Å². The number of nitrogens with zero attached hydrogens (tertiary/aromatic N) is 1. The van der Waals surface area contributed by atoms with Gasteiger partial charge in [0.25, 0.3) is 5.91 Å². The summed E-state index contributed by atoms with van der Waals surface area (Å²) < 4.78 is 11.3. The second kappa shape index (κ2) is 7.81. The Kier molecular flexibility index (Phi) is 5.76. The first-order valence-electron chi connectivity index (χ1n) is 6.25. The molecule has 0 fully saturated rings. The highest BCUT2D eigenvalue weighted by Gasteiger charge is 2.04. The van der Waals surface area contributed by atoms with E-state index in [1.165, 1.54) is 6.20 Å². The minimum Gasteiger partial charge on any atom is -0.467 e. The molecule has 0 spiro atoms. The number of hydrogen-bond donors (Lipinski definition) is 1. The number of nitrogens with one attached hydrogen (secondary N) is 1. The van der Waals surface area contributed by atoms with Crippen molar-refractivity contribution in [1.29, 1.82) is 0 Å². The average Bonchev–Trinajstić information content (AvgIpc) is 2.96. The van der Waals surface area contributed by atoms with Crippen molar-refractivity contribution in [1.82, 2.24) is 10.3 Å². The van der Waals surface area contributed by atoms with Crippen molar-refractivity contribution in [3.63, 3.8) is 0 Å². The summed E-state index contributed by atoms with van der Waals surface area (Å²) in [4.78, 5) is 15.8. The van der Waals surface area contributed by atoms with E-state index < -0.39 is 0 Å². The first-order chi connectivity index (χ1) is 9.75. The zero-order chi connectivity index (χ0) is 14.2. The SMILES string of the molecule is O=C(NCCCOCc1ccco1)c1ccc(Br)nc1. The molecule has 0 radical (unpaired) electrons. The largest absolute Gasteiger partial charge is 0.467 e. The van der Waals surface area contributed by atoms with E-state index in [1.807, 2.05) is 12.1 Å². The van der Waals surface area contributed by atoms with Gasteiger partial charge in [0.15, 0.2) is 0 Å². The first kappa shape index (κ1) is 14.7. The zero-order valence-electron chi connectivity index (χ0n) is 10.8. The van der Waals surface area contributed by atoms with Gasteiger partial charge < -0.3 is 14.5 Å². The van der Waals surface area contributed by atoms with Gasteiger partial charge in [0.05, 0.1) is 11.8 Å². The summed E-state index contributed by atoms with van der Waals surface area (Å²) in [6.45, 7) is 1.59. The molecule has 0 atom stereocenters. The molecule has 2 heterocycles. The molecule has 0 unspecified atom stereocenters. The van der Waals surface area contributed by atoms with Crippen molar-refractivity contribution in [3.8, 4) is 0 Å². The van der Waals surface area contributed by atoms with Gasteiger partial charge in [0.1, 0.15) is 17.0 Å². The summed E-state index contributed by atoms with van der Waals surface area (Å²) in [6.07, 6.45) is 3.90. The monoisotopic (exact) mass is 338 g/mol. The fourth-order valence-electron chi connectivity index (χ4n) is 1.56. The lowest BCUT2D eigenvalue weighted by atomic mass is 10.2. The van der Waals surface area contributed by atoms with Crippen LogP contribution in [0, 0.1) is 0 Å². The quantitative estimate of drug-likeness (QED) is 0.622. The maximum atomic E-state index is 11.8. The third kappa shape index (κ3) is 4.79. The van der Waals surface area contributed by atoms with E-state index in [-0.39, 0.29) is 5.91 Å². The van der Waals surface area contributed by atoms with E-state index in [0.29, 0.717) is 29.9 Å². The van der Waals surface area contributed by atoms with Gasteiger partial charge in [-0.05, 0) is 46.6 Å². The molecule has 5 nitrogen and oxygen atoms in total. The van der Waals surface area contributed by atoms with Gasteiger partial charge in [-0.25, -0.2) is 4.98 Å². The predicted molar refractivity (Wildman–Crippen MR) is 77.3 cm³/mol. The number of hydrogen-bond acceptors (Lipinski definition) is 4. The number of furan rings is 1. The summed E-state index contributed by atoms with van der Waals surface area (Å²) in [6, 6.07) is 7.15. The number of carbonyl (C=O) groups is 1. The maximum Gasteiger partial charge on any atom is 0.252 e. The lowest BCUT2D eigenvalue weighted by Crippen LogP contribution is -2.25. The second-order valence-corrected chi connectivity index (χ2v) is 4.92. The molecular weight excluding hydrogens is 324 g/mol. The number of halogens is 1. The van der Waals surface area contributed by atoms with Crippen LogP contribution in [0.25, 0.3) is 0 Å². The van der Waals surface area contributed by atoms with Gasteiger partial charge in [0, 0.05) is 19.3 Å². The Labute approximate surface area is 125 Å². The average molecular weight is 339 g/mol. The third-order valence-electron chi connectivity index (χ3n) is 2.57. The minimum absolute atomic E-state index is 0.129. The Balaban J connectivity index is 1.58. The Hall–Kier alpha value is -1.66. The zero-order valence-corrected chi connectivity index (χ0v) is 12.4. The van der Waals surface area contributed by atoms with Crippen molar-refractivity contribution in [2.75, 3.05) is 13.2 Å². The number of ether oxygens (including phenoxy) is 1. The summed E-state index contributed by atoms with van der Waals surface area (Å²) in [5.41, 5.74) is 0.546. The summed E-state index contributed by atoms with van der Waals surface area (Å²) in [7, 11) is 0. The van der Waals surface area contributed by atoms with Crippen LogP contribution in [-0.4, -0.2) is 24.0 Å². The lowest BCUT2D eigenvalue weighted by molar-refractivity contribution is 0.0916. The van der Waals surface area contributed by atoms with Crippen molar-refractivity contribution in [2.24, 2.45) is 0 Å². The Morgan fingerprint density at radius 1 is 1.40 bits per heavy atom. The Morgan fingerprint density at radius 3 is 3.00 bits per heavy atom. The third-order valence-corrected chi connectivity index (χ3v) is 3.03. The number of aromatic nitrogens is 1. The molecule has 0 aliphatic rings. The van der Waals surface area contributed by atoms with Gasteiger partial charge in [-0.1, -0.05) is 0 Å². The molecule has 106 valence electrons. The molecule has 6 heteroatoms. The van der Waals surface area contributed by atoms with E-state index in [1.54, 1.807) is 18.4 Å². The smallest absolute Gasteiger partial charge is 0.252 e. The molecule has 0 aromatic carbocycles. The Morgan fingerprint density at radius 2 is 2.30 bits per heavy atom. The Bertz CT molecular complexity index is 526. The summed E-state index contributed by atoms with van der Waals surface area (Å²) in [5.74, 6) is 0.672. The van der Waals surface area contributed by atoms with Crippen molar-refractivity contribution in [3.05, 3.63) is 52.7 Å². The summed E-state index contributed by atoms with van der Waals surface area (Å²) in [5, 5.41) is 2.81. The normalized spacial score (nSPS) is 10.4. The second-order valence-electron chi connectivity index (χ2n) is 4.11. The van der Waals surface area contributed by atoms with Gasteiger partial charge >= 0.3 is 0 Å². The molecule has 0 saturated heterocycles. The molecule has 0 bridgehead atoms. The minimum atomic E-state index is -0.129. The van der Waals surface area contributed by atoms with Crippen LogP contribution in [0.2, 0.25) is 0 Å². The highest BCUT2D eigenvalue weighted by molar-refractivity contribution is 9.10. The van der Waals surface area contributed by atoms with Crippen LogP contribution < -0.4 is 5.32 Å². The molecule has 0 saturated carbocycles. The topological polar surface area (TPSA) is 64.4 Å². The fourth-order valence-corrected chi connectivity index (χ4v) is 1.79. The lowest BCUT2D eigenvalue weighted by Gasteiger charge is -2.05. The van der Waals surface area contributed by atoms with Crippen LogP contribution in [0.5, 0.6) is 0 Å². The van der Waals surface area contributed by atoms with E-state index in [9.17, 15) is 4.79 Å². The number of amides is 1. The standard InChI is InChI=1S/C14H15BrN2O3/c15-13-5-4-11(9-17-13)14(18)16-6-2-7-19-10-12-3-1-8-20-12/h1,3-5,8-9H,2,6-7,10H2,(H,16,18). The van der Waals surface area contributed by atoms with Crippen molar-refractivity contribution >= 4 is 21.8 Å². The van der Waals surface area contributed by atoms with Gasteiger partial charge in [0.2, 0.25) is 0 Å². The van der Waals surface area contributed by atoms with Gasteiger partial charge in [-0.15, -0.1) is 0 Å². The van der Waals surface area contributed by atoms with E-state index in [2.05, 4.69) is 26.2 Å². The number of carbonyl (C=O) groups excluding carboxylic acids is 1.